The lowest BCUT2D eigenvalue weighted by Crippen LogP contribution is -2.16. The molecule has 2 heterocycles. The van der Waals surface area contributed by atoms with Crippen molar-refractivity contribution in [3.63, 3.8) is 0 Å². The van der Waals surface area contributed by atoms with E-state index in [1.165, 1.54) is 17.6 Å². The summed E-state index contributed by atoms with van der Waals surface area (Å²) < 4.78 is 18.7. The molecule has 0 saturated heterocycles. The van der Waals surface area contributed by atoms with Gasteiger partial charge in [0.1, 0.15) is 17.0 Å². The van der Waals surface area contributed by atoms with Crippen LogP contribution in [0.15, 0.2) is 39.9 Å². The molecule has 1 aromatic carbocycles. The molecule has 0 radical (unpaired) electrons. The van der Waals surface area contributed by atoms with Crippen molar-refractivity contribution in [3.8, 4) is 11.5 Å². The quantitative estimate of drug-likeness (QED) is 0.736. The van der Waals surface area contributed by atoms with Gasteiger partial charge in [0.25, 0.3) is 0 Å². The second-order valence-corrected chi connectivity index (χ2v) is 5.71. The molecule has 0 aliphatic heterocycles. The molecule has 0 saturated carbocycles. The Morgan fingerprint density at radius 2 is 2.17 bits per heavy atom. The fourth-order valence-corrected chi connectivity index (χ4v) is 3.48. The first-order valence-electron chi connectivity index (χ1n) is 7.05. The molecule has 120 valence electrons. The predicted octanol–water partition coefficient (Wildman–Crippen LogP) is 3.07. The van der Waals surface area contributed by atoms with Crippen molar-refractivity contribution < 1.29 is 18.7 Å². The van der Waals surface area contributed by atoms with Crippen LogP contribution in [-0.2, 0) is 6.54 Å². The number of aromatic nitrogens is 1. The van der Waals surface area contributed by atoms with Crippen LogP contribution in [-0.4, -0.2) is 24.7 Å². The Labute approximate surface area is 136 Å². The van der Waals surface area contributed by atoms with E-state index in [0.717, 1.165) is 10.2 Å². The number of methoxy groups -OCH3 is 2. The van der Waals surface area contributed by atoms with E-state index < -0.39 is 5.91 Å². The standard InChI is InChI=1S/C16H16N2O4S/c1-4-18-14-12(21-3)8-10(20-2)9-13(14)23-16(18)17-15(19)11-6-5-7-22-11/h5-9H,4H2,1-3H3. The number of nitrogens with zero attached hydrogens (tertiary/aromatic N) is 2. The van der Waals surface area contributed by atoms with Crippen molar-refractivity contribution in [2.75, 3.05) is 14.2 Å². The molecule has 0 spiro atoms. The van der Waals surface area contributed by atoms with E-state index in [2.05, 4.69) is 4.99 Å². The number of carbonyl (C=O) groups excluding carboxylic acids is 1. The number of fused-ring (bicyclic) bond motifs is 1. The molecular weight excluding hydrogens is 316 g/mol. The van der Waals surface area contributed by atoms with E-state index in [0.29, 0.717) is 22.8 Å². The van der Waals surface area contributed by atoms with Crippen LogP contribution in [0.5, 0.6) is 11.5 Å². The normalized spacial score (nSPS) is 11.9. The number of ether oxygens (including phenoxy) is 2. The first-order chi connectivity index (χ1) is 11.2. The number of furan rings is 1. The fraction of sp³-hybridized carbons (Fsp3) is 0.250. The number of carbonyl (C=O) groups is 1. The van der Waals surface area contributed by atoms with E-state index in [1.807, 2.05) is 23.6 Å². The summed E-state index contributed by atoms with van der Waals surface area (Å²) in [5.41, 5.74) is 0.895. The van der Waals surface area contributed by atoms with Gasteiger partial charge in [-0.15, -0.1) is 0 Å². The van der Waals surface area contributed by atoms with Gasteiger partial charge in [0, 0.05) is 12.6 Å². The molecule has 6 nitrogen and oxygen atoms in total. The van der Waals surface area contributed by atoms with Gasteiger partial charge in [-0.1, -0.05) is 11.3 Å². The summed E-state index contributed by atoms with van der Waals surface area (Å²) in [5.74, 6) is 1.19. The zero-order valence-electron chi connectivity index (χ0n) is 13.0. The second-order valence-electron chi connectivity index (χ2n) is 4.70. The van der Waals surface area contributed by atoms with Gasteiger partial charge in [-0.3, -0.25) is 4.79 Å². The van der Waals surface area contributed by atoms with Gasteiger partial charge < -0.3 is 18.5 Å². The largest absolute Gasteiger partial charge is 0.497 e. The maximum Gasteiger partial charge on any atom is 0.315 e. The van der Waals surface area contributed by atoms with E-state index in [-0.39, 0.29) is 5.76 Å². The molecule has 0 fully saturated rings. The molecule has 0 N–H and O–H groups in total. The lowest BCUT2D eigenvalue weighted by atomic mass is 10.3. The SMILES string of the molecule is CCn1c(=NC(=O)c2ccco2)sc2cc(OC)cc(OC)c21. The number of aryl methyl sites for hydroxylation is 1. The van der Waals surface area contributed by atoms with Crippen molar-refractivity contribution in [1.82, 2.24) is 4.57 Å². The third-order valence-electron chi connectivity index (χ3n) is 3.42. The highest BCUT2D eigenvalue weighted by Crippen LogP contribution is 2.32. The molecule has 3 rings (SSSR count). The van der Waals surface area contributed by atoms with Gasteiger partial charge in [0.15, 0.2) is 10.6 Å². The van der Waals surface area contributed by atoms with Gasteiger partial charge in [-0.25, -0.2) is 0 Å². The first-order valence-corrected chi connectivity index (χ1v) is 7.87. The van der Waals surface area contributed by atoms with Crippen LogP contribution in [0.1, 0.15) is 17.5 Å². The number of thiazole rings is 1. The van der Waals surface area contributed by atoms with Crippen LogP contribution >= 0.6 is 11.3 Å². The van der Waals surface area contributed by atoms with Crippen LogP contribution in [0, 0.1) is 0 Å². The van der Waals surface area contributed by atoms with Gasteiger partial charge in [0.05, 0.1) is 25.2 Å². The lowest BCUT2D eigenvalue weighted by Gasteiger charge is -2.08. The van der Waals surface area contributed by atoms with Crippen molar-refractivity contribution in [2.24, 2.45) is 4.99 Å². The van der Waals surface area contributed by atoms with Crippen molar-refractivity contribution in [1.29, 1.82) is 0 Å². The minimum absolute atomic E-state index is 0.217. The maximum absolute atomic E-state index is 12.2. The summed E-state index contributed by atoms with van der Waals surface area (Å²) in [6.07, 6.45) is 1.45. The molecule has 0 aliphatic carbocycles. The first kappa shape index (κ1) is 15.4. The average molecular weight is 332 g/mol. The number of amides is 1. The number of benzene rings is 1. The Morgan fingerprint density at radius 3 is 2.78 bits per heavy atom. The predicted molar refractivity (Wildman–Crippen MR) is 87.2 cm³/mol. The van der Waals surface area contributed by atoms with Crippen LogP contribution in [0.4, 0.5) is 0 Å². The van der Waals surface area contributed by atoms with E-state index >= 15 is 0 Å². The maximum atomic E-state index is 12.2. The van der Waals surface area contributed by atoms with Crippen LogP contribution in [0.3, 0.4) is 0 Å². The molecule has 7 heteroatoms. The van der Waals surface area contributed by atoms with Gasteiger partial charge >= 0.3 is 5.91 Å². The summed E-state index contributed by atoms with van der Waals surface area (Å²) in [5, 5.41) is 0. The highest BCUT2D eigenvalue weighted by molar-refractivity contribution is 7.16. The van der Waals surface area contributed by atoms with E-state index in [1.54, 1.807) is 26.4 Å². The fourth-order valence-electron chi connectivity index (χ4n) is 2.34. The van der Waals surface area contributed by atoms with Gasteiger partial charge in [-0.2, -0.15) is 4.99 Å². The smallest absolute Gasteiger partial charge is 0.315 e. The summed E-state index contributed by atoms with van der Waals surface area (Å²) >= 11 is 1.41. The third kappa shape index (κ3) is 2.75. The molecule has 0 bridgehead atoms. The molecule has 0 aliphatic rings. The topological polar surface area (TPSA) is 66.0 Å². The Bertz CT molecular complexity index is 906. The van der Waals surface area contributed by atoms with Gasteiger partial charge in [0.2, 0.25) is 0 Å². The molecule has 0 unspecified atom stereocenters. The van der Waals surface area contributed by atoms with E-state index in [9.17, 15) is 4.79 Å². The van der Waals surface area contributed by atoms with Crippen molar-refractivity contribution in [2.45, 2.75) is 13.5 Å². The molecule has 23 heavy (non-hydrogen) atoms. The summed E-state index contributed by atoms with van der Waals surface area (Å²) in [7, 11) is 3.21. The molecule has 0 atom stereocenters. The highest BCUT2D eigenvalue weighted by Gasteiger charge is 2.14. The molecular formula is C16H16N2O4S. The molecule has 3 aromatic rings. The molecule has 2 aromatic heterocycles. The van der Waals surface area contributed by atoms with Crippen LogP contribution in [0.2, 0.25) is 0 Å². The highest BCUT2D eigenvalue weighted by atomic mass is 32.1. The Hall–Kier alpha value is -2.54. The minimum Gasteiger partial charge on any atom is -0.497 e. The number of hydrogen-bond donors (Lipinski definition) is 0. The molecule has 1 amide bonds. The van der Waals surface area contributed by atoms with Gasteiger partial charge in [-0.05, 0) is 25.1 Å². The average Bonchev–Trinajstić information content (AvgIpc) is 3.21. The van der Waals surface area contributed by atoms with E-state index in [4.69, 9.17) is 13.9 Å². The number of rotatable bonds is 4. The zero-order chi connectivity index (χ0) is 16.4. The summed E-state index contributed by atoms with van der Waals surface area (Å²) in [6.45, 7) is 2.65. The lowest BCUT2D eigenvalue weighted by molar-refractivity contribution is 0.0971. The monoisotopic (exact) mass is 332 g/mol. The minimum atomic E-state index is -0.408. The van der Waals surface area contributed by atoms with Crippen LogP contribution < -0.4 is 14.3 Å². The Kier molecular flexibility index (Phi) is 4.20. The van der Waals surface area contributed by atoms with Crippen molar-refractivity contribution >= 4 is 27.5 Å². The third-order valence-corrected chi connectivity index (χ3v) is 4.44. The van der Waals surface area contributed by atoms with Crippen molar-refractivity contribution in [3.05, 3.63) is 41.1 Å². The summed E-state index contributed by atoms with van der Waals surface area (Å²) in [6, 6.07) is 6.99. The Balaban J connectivity index is 2.23. The Morgan fingerprint density at radius 1 is 1.35 bits per heavy atom. The van der Waals surface area contributed by atoms with Crippen LogP contribution in [0.25, 0.3) is 10.2 Å². The zero-order valence-corrected chi connectivity index (χ0v) is 13.8. The second kappa shape index (κ2) is 6.29. The number of hydrogen-bond acceptors (Lipinski definition) is 5. The summed E-state index contributed by atoms with van der Waals surface area (Å²) in [4.78, 5) is 17.0.